The summed E-state index contributed by atoms with van der Waals surface area (Å²) in [6.07, 6.45) is -16.2. The number of hydrogen-bond donors (Lipinski definition) is 9. The van der Waals surface area contributed by atoms with Crippen LogP contribution in [-0.2, 0) is 18.9 Å². The second-order valence-electron chi connectivity index (χ2n) is 7.85. The lowest BCUT2D eigenvalue weighted by atomic mass is 9.97. The maximum Gasteiger partial charge on any atom is 0.187 e. The Morgan fingerprint density at radius 1 is 0.767 bits per heavy atom. The molecular weight excluding hydrogens is 410 g/mol. The van der Waals surface area contributed by atoms with Gasteiger partial charge in [0.25, 0.3) is 0 Å². The zero-order valence-corrected chi connectivity index (χ0v) is 16.3. The van der Waals surface area contributed by atoms with Crippen molar-refractivity contribution in [3.05, 3.63) is 0 Å². The lowest BCUT2D eigenvalue weighted by Gasteiger charge is -2.46. The lowest BCUT2D eigenvalue weighted by Crippen LogP contribution is -2.64. The van der Waals surface area contributed by atoms with Gasteiger partial charge in [-0.1, -0.05) is 0 Å². The molecule has 0 spiro atoms. The summed E-state index contributed by atoms with van der Waals surface area (Å²) < 4.78 is 21.9. The minimum absolute atomic E-state index is 0.152. The van der Waals surface area contributed by atoms with Gasteiger partial charge in [0.1, 0.15) is 48.8 Å². The Kier molecular flexibility index (Phi) is 8.01. The molecular formula is C17H31NO12. The molecule has 3 aliphatic heterocycles. The first-order valence-corrected chi connectivity index (χ1v) is 9.84. The van der Waals surface area contributed by atoms with Gasteiger partial charge in [-0.3, -0.25) is 0 Å². The average Bonchev–Trinajstić information content (AvgIpc) is 3.09. The number of β-amino-alcohol motifs (C(OH)–C–C–N with tert-alkyl or cyclic N) is 1. The molecule has 30 heavy (non-hydrogen) atoms. The van der Waals surface area contributed by atoms with E-state index in [1.807, 2.05) is 0 Å². The van der Waals surface area contributed by atoms with Gasteiger partial charge in [-0.05, 0) is 6.92 Å². The SMILES string of the molecule is C[C@H]1O[C@H](O[C@H]2[C@H](O)[C@@H](O)[C@@H](O[C@H]3[C@@H](O)CN[C@@H]3CO)O[C@@H]2CO)[C@H](O)[C@@H](O)[C@@H]1O. The second-order valence-corrected chi connectivity index (χ2v) is 7.85. The molecule has 0 aliphatic carbocycles. The molecule has 3 aliphatic rings. The van der Waals surface area contributed by atoms with Gasteiger partial charge in [0.05, 0.1) is 31.5 Å². The van der Waals surface area contributed by atoms with Crippen molar-refractivity contribution in [3.63, 3.8) is 0 Å². The molecule has 13 nitrogen and oxygen atoms in total. The van der Waals surface area contributed by atoms with Crippen molar-refractivity contribution < 1.29 is 59.8 Å². The highest BCUT2D eigenvalue weighted by atomic mass is 16.7. The van der Waals surface area contributed by atoms with E-state index >= 15 is 0 Å². The van der Waals surface area contributed by atoms with Crippen LogP contribution < -0.4 is 5.32 Å². The Bertz CT molecular complexity index is 555. The molecule has 0 saturated carbocycles. The molecule has 0 radical (unpaired) electrons. The topological polar surface area (TPSA) is 211 Å². The van der Waals surface area contributed by atoms with E-state index in [4.69, 9.17) is 18.9 Å². The van der Waals surface area contributed by atoms with Gasteiger partial charge < -0.3 is 65.1 Å². The molecule has 9 N–H and O–H groups in total. The van der Waals surface area contributed by atoms with E-state index in [9.17, 15) is 40.9 Å². The summed E-state index contributed by atoms with van der Waals surface area (Å²) in [6.45, 7) is 0.600. The standard InChI is InChI=1S/C17H31NO12/c1-5-9(22)10(23)12(25)16(27-5)30-15-8(4-20)28-17(13(26)11(15)24)29-14-6(3-19)18-2-7(14)21/h5-26H,2-4H2,1H3/t5-,6-,7+,8-,9-,10+,11-,12-,13-,14-,15-,16-,17-/m1/s1. The van der Waals surface area contributed by atoms with Gasteiger partial charge in [-0.2, -0.15) is 0 Å². The Balaban J connectivity index is 1.68. The summed E-state index contributed by atoms with van der Waals surface area (Å²) in [4.78, 5) is 0. The van der Waals surface area contributed by atoms with Crippen molar-refractivity contribution in [1.29, 1.82) is 0 Å². The molecule has 0 aromatic heterocycles. The second kappa shape index (κ2) is 9.95. The van der Waals surface area contributed by atoms with Crippen LogP contribution in [0.5, 0.6) is 0 Å². The number of ether oxygens (including phenoxy) is 4. The summed E-state index contributed by atoms with van der Waals surface area (Å²) in [5.74, 6) is 0. The molecule has 13 atom stereocenters. The van der Waals surface area contributed by atoms with Crippen LogP contribution in [0.1, 0.15) is 6.92 Å². The first kappa shape index (κ1) is 24.1. The summed E-state index contributed by atoms with van der Waals surface area (Å²) in [5, 5.41) is 82.7. The molecule has 3 rings (SSSR count). The van der Waals surface area contributed by atoms with E-state index in [-0.39, 0.29) is 13.2 Å². The van der Waals surface area contributed by atoms with Gasteiger partial charge in [0.2, 0.25) is 0 Å². The van der Waals surface area contributed by atoms with Crippen LogP contribution in [-0.4, -0.2) is 140 Å². The van der Waals surface area contributed by atoms with E-state index in [1.165, 1.54) is 6.92 Å². The van der Waals surface area contributed by atoms with Crippen molar-refractivity contribution >= 4 is 0 Å². The van der Waals surface area contributed by atoms with Crippen molar-refractivity contribution in [2.24, 2.45) is 0 Å². The van der Waals surface area contributed by atoms with Crippen LogP contribution in [0, 0.1) is 0 Å². The van der Waals surface area contributed by atoms with Crippen molar-refractivity contribution in [2.45, 2.75) is 86.6 Å². The molecule has 0 amide bonds. The van der Waals surface area contributed by atoms with Gasteiger partial charge in [-0.25, -0.2) is 0 Å². The molecule has 13 heteroatoms. The average molecular weight is 441 g/mol. The fourth-order valence-corrected chi connectivity index (χ4v) is 3.90. The van der Waals surface area contributed by atoms with Crippen LogP contribution in [0.25, 0.3) is 0 Å². The van der Waals surface area contributed by atoms with E-state index in [2.05, 4.69) is 5.32 Å². The lowest BCUT2D eigenvalue weighted by molar-refractivity contribution is -0.361. The fraction of sp³-hybridized carbons (Fsp3) is 1.00. The molecule has 176 valence electrons. The molecule has 3 saturated heterocycles. The monoisotopic (exact) mass is 441 g/mol. The summed E-state index contributed by atoms with van der Waals surface area (Å²) in [7, 11) is 0. The Labute approximate surface area is 172 Å². The Morgan fingerprint density at radius 2 is 1.37 bits per heavy atom. The molecule has 0 unspecified atom stereocenters. The molecule has 0 bridgehead atoms. The number of nitrogens with one attached hydrogen (secondary N) is 1. The van der Waals surface area contributed by atoms with E-state index in [1.54, 1.807) is 0 Å². The van der Waals surface area contributed by atoms with Crippen LogP contribution in [0.2, 0.25) is 0 Å². The normalized spacial score (nSPS) is 52.5. The predicted molar refractivity (Wildman–Crippen MR) is 94.7 cm³/mol. The van der Waals surface area contributed by atoms with Gasteiger partial charge in [-0.15, -0.1) is 0 Å². The van der Waals surface area contributed by atoms with Crippen LogP contribution in [0.15, 0.2) is 0 Å². The summed E-state index contributed by atoms with van der Waals surface area (Å²) in [5.41, 5.74) is 0. The zero-order chi connectivity index (χ0) is 22.2. The molecule has 3 heterocycles. The summed E-state index contributed by atoms with van der Waals surface area (Å²) >= 11 is 0. The summed E-state index contributed by atoms with van der Waals surface area (Å²) in [6, 6.07) is -0.616. The first-order chi connectivity index (χ1) is 14.2. The minimum atomic E-state index is -1.67. The predicted octanol–water partition coefficient (Wildman–Crippen LogP) is -5.65. The van der Waals surface area contributed by atoms with Crippen molar-refractivity contribution in [3.8, 4) is 0 Å². The maximum absolute atomic E-state index is 10.6. The van der Waals surface area contributed by atoms with Crippen molar-refractivity contribution in [1.82, 2.24) is 5.32 Å². The number of aliphatic hydroxyl groups is 8. The fourth-order valence-electron chi connectivity index (χ4n) is 3.90. The van der Waals surface area contributed by atoms with E-state index < -0.39 is 86.3 Å². The smallest absolute Gasteiger partial charge is 0.187 e. The third-order valence-electron chi connectivity index (χ3n) is 5.77. The van der Waals surface area contributed by atoms with Crippen LogP contribution in [0.3, 0.4) is 0 Å². The van der Waals surface area contributed by atoms with Crippen molar-refractivity contribution in [2.75, 3.05) is 19.8 Å². The minimum Gasteiger partial charge on any atom is -0.395 e. The Morgan fingerprint density at radius 3 is 2.00 bits per heavy atom. The quantitative estimate of drug-likeness (QED) is 0.188. The Hall–Kier alpha value is -0.520. The third-order valence-corrected chi connectivity index (χ3v) is 5.77. The molecule has 0 aromatic carbocycles. The van der Waals surface area contributed by atoms with Gasteiger partial charge in [0.15, 0.2) is 12.6 Å². The van der Waals surface area contributed by atoms with Crippen LogP contribution >= 0.6 is 0 Å². The van der Waals surface area contributed by atoms with Gasteiger partial charge in [0, 0.05) is 6.54 Å². The number of aliphatic hydroxyl groups excluding tert-OH is 8. The van der Waals surface area contributed by atoms with Gasteiger partial charge >= 0.3 is 0 Å². The number of rotatable bonds is 6. The highest BCUT2D eigenvalue weighted by Crippen LogP contribution is 2.30. The maximum atomic E-state index is 10.6. The third kappa shape index (κ3) is 4.63. The number of hydrogen-bond acceptors (Lipinski definition) is 13. The first-order valence-electron chi connectivity index (χ1n) is 9.84. The largest absolute Gasteiger partial charge is 0.395 e. The highest BCUT2D eigenvalue weighted by molar-refractivity contribution is 4.96. The zero-order valence-electron chi connectivity index (χ0n) is 16.3. The molecule has 3 fully saturated rings. The highest BCUT2D eigenvalue weighted by Gasteiger charge is 2.51. The molecule has 0 aromatic rings. The van der Waals surface area contributed by atoms with E-state index in [0.717, 1.165) is 0 Å². The van der Waals surface area contributed by atoms with Crippen LogP contribution in [0.4, 0.5) is 0 Å². The van der Waals surface area contributed by atoms with E-state index in [0.29, 0.717) is 0 Å².